The lowest BCUT2D eigenvalue weighted by molar-refractivity contribution is -0.131. The van der Waals surface area contributed by atoms with Gasteiger partial charge in [0.1, 0.15) is 0 Å². The van der Waals surface area contributed by atoms with Gasteiger partial charge in [-0.2, -0.15) is 0 Å². The molecular weight excluding hydrogens is 316 g/mol. The average molecular weight is 348 g/mol. The van der Waals surface area contributed by atoms with E-state index in [4.69, 9.17) is 4.74 Å². The van der Waals surface area contributed by atoms with Crippen LogP contribution >= 0.6 is 0 Å². The predicted octanol–water partition coefficient (Wildman–Crippen LogP) is 3.64. The second kappa shape index (κ2) is 9.07. The van der Waals surface area contributed by atoms with Crippen LogP contribution < -0.4 is 0 Å². The van der Waals surface area contributed by atoms with E-state index >= 15 is 0 Å². The molecule has 1 amide bonds. The molecule has 1 aliphatic heterocycles. The van der Waals surface area contributed by atoms with Crippen molar-refractivity contribution in [2.45, 2.75) is 72.8 Å². The zero-order valence-corrected chi connectivity index (χ0v) is 16.2. The number of ether oxygens (including phenoxy) is 1. The number of nitrogens with zero attached hydrogens (tertiary/aromatic N) is 2. The van der Waals surface area contributed by atoms with Gasteiger partial charge in [0.05, 0.1) is 12.2 Å². The molecule has 5 nitrogen and oxygen atoms in total. The molecule has 1 saturated heterocycles. The maximum absolute atomic E-state index is 12.6. The molecule has 0 N–H and O–H groups in total. The van der Waals surface area contributed by atoms with Crippen LogP contribution in [0.3, 0.4) is 0 Å². The third kappa shape index (κ3) is 4.44. The van der Waals surface area contributed by atoms with Crippen molar-refractivity contribution >= 4 is 11.9 Å². The molecule has 1 aromatic heterocycles. The van der Waals surface area contributed by atoms with Crippen LogP contribution in [0.25, 0.3) is 0 Å². The number of carbonyl (C=O) groups is 2. The highest BCUT2D eigenvalue weighted by Crippen LogP contribution is 2.25. The number of esters is 1. The van der Waals surface area contributed by atoms with Gasteiger partial charge in [0.25, 0.3) is 0 Å². The second-order valence-electron chi connectivity index (χ2n) is 6.79. The van der Waals surface area contributed by atoms with Crippen LogP contribution in [0.1, 0.15) is 73.3 Å². The van der Waals surface area contributed by atoms with Crippen LogP contribution in [0.2, 0.25) is 0 Å². The van der Waals surface area contributed by atoms with Crippen LogP contribution in [0.5, 0.6) is 0 Å². The van der Waals surface area contributed by atoms with E-state index in [1.165, 1.54) is 12.8 Å². The Bertz CT molecular complexity index is 611. The lowest BCUT2D eigenvalue weighted by atomic mass is 10.1. The Morgan fingerprint density at radius 2 is 1.68 bits per heavy atom. The van der Waals surface area contributed by atoms with Gasteiger partial charge in [-0.1, -0.05) is 12.8 Å². The van der Waals surface area contributed by atoms with Crippen molar-refractivity contribution in [2.75, 3.05) is 19.7 Å². The Kier molecular flexibility index (Phi) is 7.09. The van der Waals surface area contributed by atoms with Gasteiger partial charge in [-0.25, -0.2) is 4.79 Å². The van der Waals surface area contributed by atoms with Crippen molar-refractivity contribution in [2.24, 2.45) is 0 Å². The normalized spacial score (nSPS) is 15.1. The molecule has 0 aliphatic carbocycles. The Labute approximate surface area is 151 Å². The maximum Gasteiger partial charge on any atom is 0.340 e. The summed E-state index contributed by atoms with van der Waals surface area (Å²) in [7, 11) is 0. The van der Waals surface area contributed by atoms with Gasteiger partial charge in [-0.3, -0.25) is 4.79 Å². The van der Waals surface area contributed by atoms with E-state index in [9.17, 15) is 9.59 Å². The number of likely N-dealkylation sites (tertiary alicyclic amines) is 1. The second-order valence-corrected chi connectivity index (χ2v) is 6.79. The van der Waals surface area contributed by atoms with E-state index in [0.29, 0.717) is 25.0 Å². The minimum Gasteiger partial charge on any atom is -0.462 e. The highest BCUT2D eigenvalue weighted by atomic mass is 16.5. The Balaban J connectivity index is 2.14. The Morgan fingerprint density at radius 3 is 2.24 bits per heavy atom. The van der Waals surface area contributed by atoms with Gasteiger partial charge < -0.3 is 14.2 Å². The fourth-order valence-corrected chi connectivity index (χ4v) is 3.91. The molecule has 1 aromatic rings. The zero-order valence-electron chi connectivity index (χ0n) is 16.2. The first kappa shape index (κ1) is 19.5. The molecule has 0 radical (unpaired) electrons. The van der Waals surface area contributed by atoms with Gasteiger partial charge in [0, 0.05) is 37.4 Å². The molecular formula is C20H32N2O3. The quantitative estimate of drug-likeness (QED) is 0.738. The number of aromatic nitrogens is 1. The Morgan fingerprint density at radius 1 is 1.04 bits per heavy atom. The first-order chi connectivity index (χ1) is 12.0. The molecule has 0 bridgehead atoms. The van der Waals surface area contributed by atoms with Gasteiger partial charge in [-0.05, 0) is 52.5 Å². The van der Waals surface area contributed by atoms with E-state index < -0.39 is 0 Å². The van der Waals surface area contributed by atoms with Crippen LogP contribution in [0.15, 0.2) is 0 Å². The minimum atomic E-state index is -0.259. The maximum atomic E-state index is 12.6. The number of hydrogen-bond donors (Lipinski definition) is 0. The first-order valence-corrected chi connectivity index (χ1v) is 9.64. The van der Waals surface area contributed by atoms with E-state index in [-0.39, 0.29) is 11.9 Å². The summed E-state index contributed by atoms with van der Waals surface area (Å²) in [5, 5.41) is 0. The molecule has 2 rings (SSSR count). The van der Waals surface area contributed by atoms with Crippen molar-refractivity contribution in [1.29, 1.82) is 0 Å². The van der Waals surface area contributed by atoms with Crippen molar-refractivity contribution in [3.8, 4) is 0 Å². The van der Waals surface area contributed by atoms with Crippen LogP contribution in [0.4, 0.5) is 0 Å². The van der Waals surface area contributed by atoms with Gasteiger partial charge in [0.2, 0.25) is 5.91 Å². The summed E-state index contributed by atoms with van der Waals surface area (Å²) in [5.41, 5.74) is 3.66. The SMILES string of the molecule is CCOC(=O)c1c(C)c(CCC(=O)N2CCCCCC2)n(CC)c1C. The number of hydrogen-bond acceptors (Lipinski definition) is 3. The first-order valence-electron chi connectivity index (χ1n) is 9.64. The smallest absolute Gasteiger partial charge is 0.340 e. The monoisotopic (exact) mass is 348 g/mol. The molecule has 5 heteroatoms. The van der Waals surface area contributed by atoms with E-state index in [2.05, 4.69) is 11.5 Å². The number of amides is 1. The Hall–Kier alpha value is -1.78. The molecule has 1 aliphatic rings. The van der Waals surface area contributed by atoms with Crippen LogP contribution in [-0.4, -0.2) is 41.0 Å². The molecule has 0 aromatic carbocycles. The summed E-state index contributed by atoms with van der Waals surface area (Å²) in [6.07, 6.45) is 5.86. The highest BCUT2D eigenvalue weighted by Gasteiger charge is 2.24. The summed E-state index contributed by atoms with van der Waals surface area (Å²) in [5.74, 6) is -0.0229. The van der Waals surface area contributed by atoms with Crippen molar-refractivity contribution in [3.05, 3.63) is 22.5 Å². The fourth-order valence-electron chi connectivity index (χ4n) is 3.91. The predicted molar refractivity (Wildman–Crippen MR) is 98.9 cm³/mol. The molecule has 0 spiro atoms. The van der Waals surface area contributed by atoms with Gasteiger partial charge in [-0.15, -0.1) is 0 Å². The molecule has 140 valence electrons. The van der Waals surface area contributed by atoms with Gasteiger partial charge >= 0.3 is 5.97 Å². The number of rotatable bonds is 6. The summed E-state index contributed by atoms with van der Waals surface area (Å²) in [4.78, 5) is 26.9. The van der Waals surface area contributed by atoms with E-state index in [1.807, 2.05) is 25.7 Å². The van der Waals surface area contributed by atoms with Crippen LogP contribution in [-0.2, 0) is 22.5 Å². The standard InChI is InChI=1S/C20H32N2O3/c1-5-22-16(4)19(20(24)25-6-2)15(3)17(22)11-12-18(23)21-13-9-7-8-10-14-21/h5-14H2,1-4H3. The fraction of sp³-hybridized carbons (Fsp3) is 0.700. The largest absolute Gasteiger partial charge is 0.462 e. The van der Waals surface area contributed by atoms with E-state index in [0.717, 1.165) is 49.4 Å². The summed E-state index contributed by atoms with van der Waals surface area (Å²) < 4.78 is 7.36. The lowest BCUT2D eigenvalue weighted by Crippen LogP contribution is -2.32. The molecule has 2 heterocycles. The third-order valence-corrected chi connectivity index (χ3v) is 5.23. The lowest BCUT2D eigenvalue weighted by Gasteiger charge is -2.20. The summed E-state index contributed by atoms with van der Waals surface area (Å²) >= 11 is 0. The van der Waals surface area contributed by atoms with Crippen molar-refractivity contribution in [1.82, 2.24) is 9.47 Å². The van der Waals surface area contributed by atoms with E-state index in [1.54, 1.807) is 0 Å². The third-order valence-electron chi connectivity index (χ3n) is 5.23. The molecule has 1 fully saturated rings. The van der Waals surface area contributed by atoms with Crippen molar-refractivity contribution < 1.29 is 14.3 Å². The van der Waals surface area contributed by atoms with Crippen LogP contribution in [0, 0.1) is 13.8 Å². The van der Waals surface area contributed by atoms with Crippen molar-refractivity contribution in [3.63, 3.8) is 0 Å². The molecule has 0 atom stereocenters. The zero-order chi connectivity index (χ0) is 18.4. The highest BCUT2D eigenvalue weighted by molar-refractivity contribution is 5.93. The topological polar surface area (TPSA) is 51.5 Å². The molecule has 0 saturated carbocycles. The number of carbonyl (C=O) groups excluding carboxylic acids is 2. The molecule has 0 unspecified atom stereocenters. The molecule has 25 heavy (non-hydrogen) atoms. The summed E-state index contributed by atoms with van der Waals surface area (Å²) in [6, 6.07) is 0. The summed E-state index contributed by atoms with van der Waals surface area (Å²) in [6.45, 7) is 10.8. The average Bonchev–Trinajstić information content (AvgIpc) is 2.78. The van der Waals surface area contributed by atoms with Gasteiger partial charge in [0.15, 0.2) is 0 Å². The minimum absolute atomic E-state index is 0.237.